The van der Waals surface area contributed by atoms with E-state index in [-0.39, 0.29) is 29.4 Å². The number of nitrogens with one attached hydrogen (secondary N) is 1. The maximum absolute atomic E-state index is 13.3. The van der Waals surface area contributed by atoms with Crippen molar-refractivity contribution in [1.82, 2.24) is 20.3 Å². The van der Waals surface area contributed by atoms with Crippen LogP contribution in [0.2, 0.25) is 0 Å². The summed E-state index contributed by atoms with van der Waals surface area (Å²) in [5.41, 5.74) is 0.636. The predicted octanol–water partition coefficient (Wildman–Crippen LogP) is 2.13. The van der Waals surface area contributed by atoms with Gasteiger partial charge in [-0.25, -0.2) is 13.9 Å². The van der Waals surface area contributed by atoms with Gasteiger partial charge in [0, 0.05) is 12.0 Å². The highest BCUT2D eigenvalue weighted by atomic mass is 19.1. The van der Waals surface area contributed by atoms with Crippen LogP contribution < -0.4 is 5.32 Å². The number of carbonyl (C=O) groups excluding carboxylic acids is 1. The molecule has 0 bridgehead atoms. The van der Waals surface area contributed by atoms with E-state index in [1.165, 1.54) is 23.0 Å². The van der Waals surface area contributed by atoms with E-state index in [1.807, 2.05) is 0 Å². The summed E-state index contributed by atoms with van der Waals surface area (Å²) in [7, 11) is 0. The van der Waals surface area contributed by atoms with E-state index in [9.17, 15) is 14.0 Å². The average molecular weight is 360 g/mol. The van der Waals surface area contributed by atoms with Crippen molar-refractivity contribution in [3.8, 4) is 0 Å². The zero-order valence-electron chi connectivity index (χ0n) is 14.3. The lowest BCUT2D eigenvalue weighted by atomic mass is 9.69. The van der Waals surface area contributed by atoms with Crippen LogP contribution in [0.4, 0.5) is 4.39 Å². The second-order valence-corrected chi connectivity index (χ2v) is 6.73. The molecule has 2 N–H and O–H groups in total. The van der Waals surface area contributed by atoms with Gasteiger partial charge in [-0.2, -0.15) is 0 Å². The fraction of sp³-hybridized carbons (Fsp3) is 0.444. The van der Waals surface area contributed by atoms with E-state index >= 15 is 0 Å². The van der Waals surface area contributed by atoms with E-state index in [1.54, 1.807) is 12.1 Å². The zero-order valence-corrected chi connectivity index (χ0v) is 14.3. The molecule has 0 radical (unpaired) electrons. The minimum absolute atomic E-state index is 0.0974. The van der Waals surface area contributed by atoms with Gasteiger partial charge in [0.1, 0.15) is 12.4 Å². The van der Waals surface area contributed by atoms with Gasteiger partial charge in [-0.15, -0.1) is 5.10 Å². The number of amides is 1. The first-order valence-corrected chi connectivity index (χ1v) is 8.65. The number of aromatic carboxylic acids is 1. The molecular weight excluding hydrogens is 339 g/mol. The van der Waals surface area contributed by atoms with Gasteiger partial charge in [-0.1, -0.05) is 36.6 Å². The molecule has 1 aliphatic carbocycles. The van der Waals surface area contributed by atoms with Crippen LogP contribution in [-0.4, -0.2) is 38.5 Å². The van der Waals surface area contributed by atoms with Crippen LogP contribution in [0.25, 0.3) is 0 Å². The minimum Gasteiger partial charge on any atom is -0.476 e. The maximum atomic E-state index is 13.3. The topological polar surface area (TPSA) is 97.1 Å². The molecule has 138 valence electrons. The fourth-order valence-electron chi connectivity index (χ4n) is 3.54. The lowest BCUT2D eigenvalue weighted by molar-refractivity contribution is -0.122. The number of carboxylic acid groups (broad SMARTS) is 1. The first kappa shape index (κ1) is 18.0. The summed E-state index contributed by atoms with van der Waals surface area (Å²) in [5.74, 6) is -1.72. The number of aromatic nitrogens is 3. The van der Waals surface area contributed by atoms with Crippen LogP contribution in [0.3, 0.4) is 0 Å². The van der Waals surface area contributed by atoms with Crippen molar-refractivity contribution in [2.75, 3.05) is 6.54 Å². The fourth-order valence-corrected chi connectivity index (χ4v) is 3.54. The Labute approximate surface area is 150 Å². The normalized spacial score (nSPS) is 16.2. The number of carbonyl (C=O) groups is 2. The quantitative estimate of drug-likeness (QED) is 0.823. The smallest absolute Gasteiger partial charge is 0.358 e. The Hall–Kier alpha value is -2.77. The number of benzene rings is 1. The minimum atomic E-state index is -1.19. The van der Waals surface area contributed by atoms with Crippen LogP contribution in [0, 0.1) is 5.82 Å². The summed E-state index contributed by atoms with van der Waals surface area (Å²) < 4.78 is 14.5. The van der Waals surface area contributed by atoms with E-state index in [4.69, 9.17) is 5.11 Å². The van der Waals surface area contributed by atoms with Crippen molar-refractivity contribution in [3.63, 3.8) is 0 Å². The van der Waals surface area contributed by atoms with Crippen molar-refractivity contribution < 1.29 is 19.1 Å². The van der Waals surface area contributed by atoms with E-state index in [2.05, 4.69) is 15.6 Å². The molecule has 0 unspecified atom stereocenters. The molecule has 2 aromatic rings. The van der Waals surface area contributed by atoms with Crippen molar-refractivity contribution in [2.45, 2.75) is 44.1 Å². The number of halogens is 1. The van der Waals surface area contributed by atoms with Crippen LogP contribution >= 0.6 is 0 Å². The molecule has 1 aromatic carbocycles. The van der Waals surface area contributed by atoms with Crippen molar-refractivity contribution in [3.05, 3.63) is 47.5 Å². The molecule has 1 amide bonds. The van der Waals surface area contributed by atoms with Crippen molar-refractivity contribution in [1.29, 1.82) is 0 Å². The van der Waals surface area contributed by atoms with Crippen molar-refractivity contribution >= 4 is 11.9 Å². The average Bonchev–Trinajstić information content (AvgIpc) is 3.10. The third kappa shape index (κ3) is 4.07. The molecule has 1 saturated carbocycles. The molecule has 26 heavy (non-hydrogen) atoms. The number of hydrogen-bond donors (Lipinski definition) is 2. The lowest BCUT2D eigenvalue weighted by Crippen LogP contribution is -2.43. The van der Waals surface area contributed by atoms with Crippen LogP contribution in [-0.2, 0) is 16.8 Å². The molecule has 0 atom stereocenters. The second kappa shape index (κ2) is 7.63. The van der Waals surface area contributed by atoms with Crippen LogP contribution in [0.1, 0.15) is 48.2 Å². The monoisotopic (exact) mass is 360 g/mol. The highest BCUT2D eigenvalue weighted by molar-refractivity contribution is 5.84. The Bertz CT molecular complexity index is 782. The summed E-state index contributed by atoms with van der Waals surface area (Å²) in [6.07, 6.45) is 6.39. The van der Waals surface area contributed by atoms with Crippen molar-refractivity contribution in [2.24, 2.45) is 0 Å². The van der Waals surface area contributed by atoms with E-state index < -0.39 is 5.97 Å². The van der Waals surface area contributed by atoms with Crippen LogP contribution in [0.5, 0.6) is 0 Å². The molecule has 8 heteroatoms. The first-order valence-electron chi connectivity index (χ1n) is 8.65. The van der Waals surface area contributed by atoms with Gasteiger partial charge in [-0.05, 0) is 30.5 Å². The van der Waals surface area contributed by atoms with Gasteiger partial charge in [0.25, 0.3) is 0 Å². The standard InChI is InChI=1S/C18H21FN4O3/c19-14-6-4-13(5-7-14)18(8-2-1-3-9-18)12-20-16(24)11-23-10-15(17(25)26)21-22-23/h4-7,10H,1-3,8-9,11-12H2,(H,20,24)(H,25,26). The number of hydrogen-bond acceptors (Lipinski definition) is 4. The predicted molar refractivity (Wildman–Crippen MR) is 91.2 cm³/mol. The zero-order chi connectivity index (χ0) is 18.6. The molecule has 0 spiro atoms. The van der Waals surface area contributed by atoms with Gasteiger partial charge in [-0.3, -0.25) is 4.79 Å². The molecule has 1 heterocycles. The van der Waals surface area contributed by atoms with Gasteiger partial charge < -0.3 is 10.4 Å². The molecule has 0 saturated heterocycles. The van der Waals surface area contributed by atoms with Gasteiger partial charge in [0.05, 0.1) is 6.20 Å². The first-order chi connectivity index (χ1) is 12.5. The Kier molecular flexibility index (Phi) is 5.29. The molecule has 0 aliphatic heterocycles. The highest BCUT2D eigenvalue weighted by Gasteiger charge is 2.34. The number of rotatable bonds is 6. The SMILES string of the molecule is O=C(Cn1cc(C(=O)O)nn1)NCC1(c2ccc(F)cc2)CCCCC1. The Morgan fingerprint density at radius 1 is 1.19 bits per heavy atom. The molecule has 1 aromatic heterocycles. The number of carboxylic acids is 1. The summed E-state index contributed by atoms with van der Waals surface area (Å²) in [6, 6.07) is 6.50. The summed E-state index contributed by atoms with van der Waals surface area (Å²) in [4.78, 5) is 23.1. The summed E-state index contributed by atoms with van der Waals surface area (Å²) in [5, 5.41) is 18.9. The summed E-state index contributed by atoms with van der Waals surface area (Å²) in [6.45, 7) is 0.359. The van der Waals surface area contributed by atoms with Gasteiger partial charge in [0.2, 0.25) is 5.91 Å². The Balaban J connectivity index is 1.66. The second-order valence-electron chi connectivity index (χ2n) is 6.73. The highest BCUT2D eigenvalue weighted by Crippen LogP contribution is 2.39. The number of nitrogens with zero attached hydrogens (tertiary/aromatic N) is 3. The van der Waals surface area contributed by atoms with E-state index in [0.29, 0.717) is 6.54 Å². The third-order valence-electron chi connectivity index (χ3n) is 4.95. The lowest BCUT2D eigenvalue weighted by Gasteiger charge is -2.38. The molecule has 3 rings (SSSR count). The Morgan fingerprint density at radius 2 is 1.88 bits per heavy atom. The summed E-state index contributed by atoms with van der Waals surface area (Å²) >= 11 is 0. The largest absolute Gasteiger partial charge is 0.476 e. The van der Waals surface area contributed by atoms with Gasteiger partial charge >= 0.3 is 5.97 Å². The van der Waals surface area contributed by atoms with Crippen LogP contribution in [0.15, 0.2) is 30.5 Å². The molecular formula is C18H21FN4O3. The third-order valence-corrected chi connectivity index (χ3v) is 4.95. The Morgan fingerprint density at radius 3 is 2.50 bits per heavy atom. The molecule has 1 aliphatic rings. The maximum Gasteiger partial charge on any atom is 0.358 e. The van der Waals surface area contributed by atoms with E-state index in [0.717, 1.165) is 37.7 Å². The molecule has 1 fully saturated rings. The van der Waals surface area contributed by atoms with Gasteiger partial charge in [0.15, 0.2) is 5.69 Å². The molecule has 7 nitrogen and oxygen atoms in total.